The maximum atomic E-state index is 2.39. The summed E-state index contributed by atoms with van der Waals surface area (Å²) in [6, 6.07) is 64.0. The molecular formula is C44H29NS. The van der Waals surface area contributed by atoms with Crippen LogP contribution in [0.2, 0.25) is 0 Å². The molecule has 0 radical (unpaired) electrons. The topological polar surface area (TPSA) is 3.24 Å². The van der Waals surface area contributed by atoms with Crippen LogP contribution >= 0.6 is 11.3 Å². The predicted molar refractivity (Wildman–Crippen MR) is 200 cm³/mol. The summed E-state index contributed by atoms with van der Waals surface area (Å²) < 4.78 is 2.63. The van der Waals surface area contributed by atoms with E-state index in [2.05, 4.69) is 181 Å². The van der Waals surface area contributed by atoms with Crippen molar-refractivity contribution in [1.29, 1.82) is 0 Å². The Morgan fingerprint density at radius 1 is 0.326 bits per heavy atom. The third kappa shape index (κ3) is 4.54. The Bertz CT molecular complexity index is 2530. The summed E-state index contributed by atoms with van der Waals surface area (Å²) in [6.07, 6.45) is 0. The van der Waals surface area contributed by atoms with Crippen LogP contribution in [0.1, 0.15) is 0 Å². The van der Waals surface area contributed by atoms with Crippen LogP contribution in [0.5, 0.6) is 0 Å². The van der Waals surface area contributed by atoms with Gasteiger partial charge in [-0.2, -0.15) is 0 Å². The fourth-order valence-electron chi connectivity index (χ4n) is 6.84. The van der Waals surface area contributed by atoms with E-state index >= 15 is 0 Å². The van der Waals surface area contributed by atoms with Crippen molar-refractivity contribution in [3.63, 3.8) is 0 Å². The average Bonchev–Trinajstić information content (AvgIpc) is 3.50. The molecule has 0 saturated heterocycles. The smallest absolute Gasteiger partial charge is 0.0468 e. The Morgan fingerprint density at radius 3 is 1.80 bits per heavy atom. The molecule has 46 heavy (non-hydrogen) atoms. The van der Waals surface area contributed by atoms with Crippen molar-refractivity contribution in [2.24, 2.45) is 0 Å². The van der Waals surface area contributed by atoms with Gasteiger partial charge in [-0.15, -0.1) is 11.3 Å². The first-order chi connectivity index (χ1) is 22.8. The van der Waals surface area contributed by atoms with E-state index < -0.39 is 0 Å². The minimum Gasteiger partial charge on any atom is -0.310 e. The second-order valence-corrected chi connectivity index (χ2v) is 12.9. The minimum absolute atomic E-state index is 1.12. The molecule has 8 aromatic carbocycles. The minimum atomic E-state index is 1.12. The van der Waals surface area contributed by atoms with Gasteiger partial charge in [0.15, 0.2) is 0 Å². The van der Waals surface area contributed by atoms with E-state index in [-0.39, 0.29) is 0 Å². The zero-order chi connectivity index (χ0) is 30.5. The normalized spacial score (nSPS) is 11.5. The summed E-state index contributed by atoms with van der Waals surface area (Å²) in [5.74, 6) is 0. The average molecular weight is 604 g/mol. The predicted octanol–water partition coefficient (Wildman–Crippen LogP) is 13.2. The molecule has 9 aromatic rings. The van der Waals surface area contributed by atoms with Crippen molar-refractivity contribution >= 4 is 70.1 Å². The van der Waals surface area contributed by atoms with E-state index in [1.165, 1.54) is 64.0 Å². The van der Waals surface area contributed by atoms with Crippen molar-refractivity contribution in [1.82, 2.24) is 0 Å². The Labute approximate surface area is 272 Å². The highest BCUT2D eigenvalue weighted by atomic mass is 32.1. The number of rotatable bonds is 5. The van der Waals surface area contributed by atoms with Gasteiger partial charge in [-0.25, -0.2) is 0 Å². The van der Waals surface area contributed by atoms with Gasteiger partial charge in [0.05, 0.1) is 0 Å². The number of anilines is 3. The van der Waals surface area contributed by atoms with Crippen LogP contribution in [-0.4, -0.2) is 0 Å². The fraction of sp³-hybridized carbons (Fsp3) is 0. The van der Waals surface area contributed by atoms with Crippen molar-refractivity contribution < 1.29 is 0 Å². The lowest BCUT2D eigenvalue weighted by molar-refractivity contribution is 1.29. The van der Waals surface area contributed by atoms with Gasteiger partial charge in [0.2, 0.25) is 0 Å². The van der Waals surface area contributed by atoms with E-state index in [4.69, 9.17) is 0 Å². The van der Waals surface area contributed by atoms with Crippen LogP contribution in [0.4, 0.5) is 17.1 Å². The molecule has 0 saturated carbocycles. The summed E-state index contributed by atoms with van der Waals surface area (Å²) in [5, 5.41) is 7.71. The number of hydrogen-bond donors (Lipinski definition) is 0. The summed E-state index contributed by atoms with van der Waals surface area (Å²) in [4.78, 5) is 2.39. The van der Waals surface area contributed by atoms with Gasteiger partial charge in [-0.3, -0.25) is 0 Å². The van der Waals surface area contributed by atoms with Gasteiger partial charge in [0, 0.05) is 37.2 Å². The lowest BCUT2D eigenvalue weighted by Gasteiger charge is -2.26. The van der Waals surface area contributed by atoms with Crippen molar-refractivity contribution in [2.75, 3.05) is 4.90 Å². The van der Waals surface area contributed by atoms with Gasteiger partial charge in [0.1, 0.15) is 0 Å². The first-order valence-electron chi connectivity index (χ1n) is 15.7. The summed E-state index contributed by atoms with van der Waals surface area (Å²) >= 11 is 1.86. The molecule has 0 N–H and O–H groups in total. The Morgan fingerprint density at radius 2 is 0.957 bits per heavy atom. The molecule has 2 heteroatoms. The molecular weight excluding hydrogens is 575 g/mol. The molecule has 0 aliphatic rings. The van der Waals surface area contributed by atoms with Crippen molar-refractivity contribution in [3.05, 3.63) is 176 Å². The zero-order valence-corrected chi connectivity index (χ0v) is 25.9. The molecule has 0 atom stereocenters. The molecule has 1 aromatic heterocycles. The first-order valence-corrected chi connectivity index (χ1v) is 16.5. The molecule has 9 rings (SSSR count). The Hall–Kier alpha value is -5.70. The number of benzene rings is 8. The standard InChI is InChI=1S/C44H29NS/c1-2-11-30(12-3-1)32-14-10-15-35(27-32)45(36-25-26-44-42(29-36)40-19-8-9-20-43(40)46-44)34-23-21-31(22-24-34)41-28-33-13-4-5-16-37(33)38-17-6-7-18-39(38)41/h1-29H. The molecule has 0 bridgehead atoms. The largest absolute Gasteiger partial charge is 0.310 e. The lowest BCUT2D eigenvalue weighted by Crippen LogP contribution is -2.10. The SMILES string of the molecule is c1ccc(-c2cccc(N(c3ccc(-c4cc5ccccc5c5ccccc45)cc3)c3ccc4sc5ccccc5c4c3)c2)cc1. The number of fused-ring (bicyclic) bond motifs is 6. The molecule has 1 nitrogen and oxygen atoms in total. The van der Waals surface area contributed by atoms with Gasteiger partial charge in [0.25, 0.3) is 0 Å². The van der Waals surface area contributed by atoms with Crippen LogP contribution in [0.15, 0.2) is 176 Å². The number of hydrogen-bond acceptors (Lipinski definition) is 2. The maximum Gasteiger partial charge on any atom is 0.0468 e. The third-order valence-corrected chi connectivity index (χ3v) is 10.2. The third-order valence-electron chi connectivity index (χ3n) is 9.03. The molecule has 0 amide bonds. The van der Waals surface area contributed by atoms with E-state index in [0.717, 1.165) is 17.1 Å². The van der Waals surface area contributed by atoms with Crippen molar-refractivity contribution in [3.8, 4) is 22.3 Å². The maximum absolute atomic E-state index is 2.39. The fourth-order valence-corrected chi connectivity index (χ4v) is 7.93. The Kier molecular flexibility index (Phi) is 6.40. The van der Waals surface area contributed by atoms with Crippen LogP contribution in [0.3, 0.4) is 0 Å². The zero-order valence-electron chi connectivity index (χ0n) is 25.1. The first kappa shape index (κ1) is 26.7. The molecule has 1 heterocycles. The van der Waals surface area contributed by atoms with Crippen LogP contribution < -0.4 is 4.90 Å². The molecule has 0 spiro atoms. The summed E-state index contributed by atoms with van der Waals surface area (Å²) in [5.41, 5.74) is 8.27. The Balaban J connectivity index is 1.21. The van der Waals surface area contributed by atoms with E-state index in [1.54, 1.807) is 0 Å². The number of nitrogens with zero attached hydrogens (tertiary/aromatic N) is 1. The summed E-state index contributed by atoms with van der Waals surface area (Å²) in [6.45, 7) is 0. The van der Waals surface area contributed by atoms with Gasteiger partial charge < -0.3 is 4.90 Å². The second-order valence-electron chi connectivity index (χ2n) is 11.8. The van der Waals surface area contributed by atoms with Crippen LogP contribution in [0.25, 0.3) is 64.0 Å². The van der Waals surface area contributed by atoms with E-state index in [0.29, 0.717) is 0 Å². The molecule has 0 aliphatic carbocycles. The van der Waals surface area contributed by atoms with Gasteiger partial charge in [-0.1, -0.05) is 121 Å². The van der Waals surface area contributed by atoms with Crippen LogP contribution in [-0.2, 0) is 0 Å². The van der Waals surface area contributed by atoms with Crippen molar-refractivity contribution in [2.45, 2.75) is 0 Å². The molecule has 0 fully saturated rings. The van der Waals surface area contributed by atoms with Gasteiger partial charge >= 0.3 is 0 Å². The summed E-state index contributed by atoms with van der Waals surface area (Å²) in [7, 11) is 0. The molecule has 0 unspecified atom stereocenters. The number of thiophene rings is 1. The van der Waals surface area contributed by atoms with E-state index in [9.17, 15) is 0 Å². The highest BCUT2D eigenvalue weighted by molar-refractivity contribution is 7.25. The molecule has 216 valence electrons. The highest BCUT2D eigenvalue weighted by Gasteiger charge is 2.17. The quantitative estimate of drug-likeness (QED) is 0.177. The lowest BCUT2D eigenvalue weighted by atomic mass is 9.93. The second kappa shape index (κ2) is 11.0. The van der Waals surface area contributed by atoms with Gasteiger partial charge in [-0.05, 0) is 98.4 Å². The monoisotopic (exact) mass is 603 g/mol. The van der Waals surface area contributed by atoms with Crippen LogP contribution in [0, 0.1) is 0 Å². The highest BCUT2D eigenvalue weighted by Crippen LogP contribution is 2.42. The molecule has 0 aliphatic heterocycles. The van der Waals surface area contributed by atoms with E-state index in [1.807, 2.05) is 11.3 Å².